The van der Waals surface area contributed by atoms with Crippen molar-refractivity contribution in [3.8, 4) is 11.1 Å². The van der Waals surface area contributed by atoms with Crippen molar-refractivity contribution < 1.29 is 54.6 Å². The van der Waals surface area contributed by atoms with E-state index in [1.54, 1.807) is 60.7 Å². The number of rotatable bonds is 12. The third-order valence-corrected chi connectivity index (χ3v) is 18.9. The highest BCUT2D eigenvalue weighted by atomic mass is 32.2. The second-order valence-electron chi connectivity index (χ2n) is 27.6. The summed E-state index contributed by atoms with van der Waals surface area (Å²) in [4.78, 5) is 72.7. The van der Waals surface area contributed by atoms with Gasteiger partial charge in [0.2, 0.25) is 0 Å². The monoisotopic (exact) mass is 1200 g/mol. The maximum atomic E-state index is 15.8. The van der Waals surface area contributed by atoms with Crippen molar-refractivity contribution in [2.45, 2.75) is 145 Å². The van der Waals surface area contributed by atoms with Crippen LogP contribution < -0.4 is 10.6 Å². The van der Waals surface area contributed by atoms with Crippen LogP contribution in [-0.4, -0.2) is 78.6 Å². The number of aliphatic imine (C=N–C) groups is 2. The molecule has 0 spiro atoms. The van der Waals surface area contributed by atoms with E-state index < -0.39 is 77.1 Å². The maximum absolute atomic E-state index is 15.8. The van der Waals surface area contributed by atoms with Crippen LogP contribution in [0.1, 0.15) is 159 Å². The molecule has 5 aromatic rings. The predicted octanol–water partition coefficient (Wildman–Crippen LogP) is 13.7. The van der Waals surface area contributed by atoms with Gasteiger partial charge < -0.3 is 25.1 Å². The van der Waals surface area contributed by atoms with Gasteiger partial charge in [0.15, 0.2) is 11.7 Å². The number of hydrogen-bond donors (Lipinski definition) is 5. The number of carbonyl (C=O) groups excluding carboxylic acids is 4. The van der Waals surface area contributed by atoms with Crippen LogP contribution in [0.15, 0.2) is 135 Å². The lowest BCUT2D eigenvalue weighted by Crippen LogP contribution is -2.50. The number of carbonyl (C=O) groups is 4. The Balaban J connectivity index is 1.42. The van der Waals surface area contributed by atoms with Gasteiger partial charge in [0.05, 0.1) is 11.1 Å². The number of ether oxygens (including phenoxy) is 2. The zero-order valence-electron chi connectivity index (χ0n) is 51.0. The summed E-state index contributed by atoms with van der Waals surface area (Å²) in [5, 5.41) is 5.43. The minimum absolute atomic E-state index is 0.0653. The van der Waals surface area contributed by atoms with E-state index in [-0.39, 0.29) is 90.9 Å². The second-order valence-corrected chi connectivity index (χ2v) is 30.4. The molecule has 454 valence electrons. The van der Waals surface area contributed by atoms with Crippen LogP contribution in [0.4, 0.5) is 11.6 Å². The Bertz CT molecular complexity index is 3660. The molecular weight excluding hydrogens is 1120 g/mol. The van der Waals surface area contributed by atoms with Crippen molar-refractivity contribution in [2.75, 3.05) is 5.32 Å². The molecule has 1 aromatic heterocycles. The molecule has 2 aliphatic carbocycles. The lowest BCUT2D eigenvalue weighted by atomic mass is 9.59. The standard InChI is InChI=1S/C66H81N5O12S2/c1-37-33-43(63(3,4)5)53(44(34-37)64(6,7)8)82-61(74)51-49(39-25-17-15-18-26-39)55(68-57(51)70-59(72)41-29-21-23-31-47(41)84(76,77)78)67-56-50(40-27-19-16-20-28-40)52(58(69-56)71-60(73)42-30-22-24-32-48(42)85(79,80)81)62(75)83-54-45(65(9,10)11)35-38(2)36-46(54)66(12,13)14/h15-32,37-38,43-46,53-54,68H,33-36H2,1-14H3,(H,70,72)(H,76,77,78)(H,79,80,81)(H,67,69,71,73). The molecule has 2 amide bonds. The molecule has 2 heterocycles. The molecule has 2 fully saturated rings. The van der Waals surface area contributed by atoms with Gasteiger partial charge in [-0.3, -0.25) is 18.7 Å². The average Bonchev–Trinajstić information content (AvgIpc) is 2.08. The zero-order valence-corrected chi connectivity index (χ0v) is 52.7. The maximum Gasteiger partial charge on any atom is 0.343 e. The van der Waals surface area contributed by atoms with Gasteiger partial charge in [-0.15, -0.1) is 0 Å². The number of amidine groups is 2. The summed E-state index contributed by atoms with van der Waals surface area (Å²) in [7, 11) is -9.92. The number of anilines is 1. The van der Waals surface area contributed by atoms with Crippen LogP contribution in [0.5, 0.6) is 0 Å². The number of amides is 2. The zero-order chi connectivity index (χ0) is 62.5. The summed E-state index contributed by atoms with van der Waals surface area (Å²) in [6.07, 6.45) is 1.74. The van der Waals surface area contributed by atoms with Crippen LogP contribution >= 0.6 is 0 Å². The highest BCUT2D eigenvalue weighted by Crippen LogP contribution is 2.52. The van der Waals surface area contributed by atoms with E-state index in [0.717, 1.165) is 37.8 Å². The minimum atomic E-state index is -4.96. The minimum Gasteiger partial charge on any atom is -0.458 e. The molecule has 3 aliphatic rings. The number of aromatic amines is 1. The first kappa shape index (κ1) is 63.9. The van der Waals surface area contributed by atoms with Crippen LogP contribution in [0.3, 0.4) is 0 Å². The van der Waals surface area contributed by atoms with Crippen molar-refractivity contribution in [1.82, 2.24) is 10.3 Å². The van der Waals surface area contributed by atoms with E-state index in [1.165, 1.54) is 36.4 Å². The first-order chi connectivity index (χ1) is 39.4. The first-order valence-electron chi connectivity index (χ1n) is 28.9. The Labute approximate surface area is 500 Å². The van der Waals surface area contributed by atoms with Gasteiger partial charge in [-0.2, -0.15) is 16.8 Å². The van der Waals surface area contributed by atoms with Gasteiger partial charge in [0, 0.05) is 34.8 Å². The highest BCUT2D eigenvalue weighted by molar-refractivity contribution is 7.86. The van der Waals surface area contributed by atoms with Crippen LogP contribution in [0.25, 0.3) is 16.7 Å². The summed E-state index contributed by atoms with van der Waals surface area (Å²) in [5.41, 5.74) is -1.75. The van der Waals surface area contributed by atoms with E-state index >= 15 is 9.59 Å². The van der Waals surface area contributed by atoms with Gasteiger partial charge in [0.1, 0.15) is 44.8 Å². The summed E-state index contributed by atoms with van der Waals surface area (Å²) >= 11 is 0. The Hall–Kier alpha value is -7.06. The van der Waals surface area contributed by atoms with Gasteiger partial charge in [-0.05, 0) is 94.6 Å². The summed E-state index contributed by atoms with van der Waals surface area (Å²) in [5.74, 6) is -4.68. The van der Waals surface area contributed by atoms with Crippen molar-refractivity contribution in [1.29, 1.82) is 0 Å². The normalized spacial score (nSPS) is 23.1. The van der Waals surface area contributed by atoms with Crippen LogP contribution in [-0.2, 0) is 34.5 Å². The third kappa shape index (κ3) is 14.1. The first-order valence-corrected chi connectivity index (χ1v) is 31.8. The van der Waals surface area contributed by atoms with Crippen LogP contribution in [0.2, 0.25) is 0 Å². The molecule has 19 heteroatoms. The molecule has 85 heavy (non-hydrogen) atoms. The number of H-pyrrole nitrogens is 1. The number of nitrogens with one attached hydrogen (secondary N) is 3. The quantitative estimate of drug-likeness (QED) is 0.0577. The second kappa shape index (κ2) is 24.0. The Kier molecular flexibility index (Phi) is 18.1. The number of hydrogen-bond acceptors (Lipinski definition) is 11. The smallest absolute Gasteiger partial charge is 0.343 e. The largest absolute Gasteiger partial charge is 0.458 e. The van der Waals surface area contributed by atoms with Crippen LogP contribution in [0, 0.1) is 57.2 Å². The van der Waals surface area contributed by atoms with Crippen molar-refractivity contribution in [3.63, 3.8) is 0 Å². The topological polar surface area (TPSA) is 260 Å². The van der Waals surface area contributed by atoms with E-state index in [4.69, 9.17) is 19.5 Å². The number of esters is 2. The van der Waals surface area contributed by atoms with Crippen molar-refractivity contribution in [2.24, 2.45) is 67.2 Å². The number of aromatic nitrogens is 1. The number of nitrogens with zero attached hydrogens (tertiary/aromatic N) is 2. The lowest BCUT2D eigenvalue weighted by molar-refractivity contribution is -0.164. The fraction of sp³-hybridized carbons (Fsp3) is 0.455. The van der Waals surface area contributed by atoms with E-state index in [0.29, 0.717) is 23.0 Å². The average molecular weight is 1200 g/mol. The molecule has 0 radical (unpaired) electrons. The Morgan fingerprint density at radius 2 is 0.918 bits per heavy atom. The van der Waals surface area contributed by atoms with E-state index in [2.05, 4.69) is 113 Å². The predicted molar refractivity (Wildman–Crippen MR) is 330 cm³/mol. The van der Waals surface area contributed by atoms with Crippen molar-refractivity contribution in [3.05, 3.63) is 137 Å². The molecule has 4 atom stereocenters. The van der Waals surface area contributed by atoms with E-state index in [1.807, 2.05) is 0 Å². The fourth-order valence-corrected chi connectivity index (χ4v) is 14.2. The lowest BCUT2D eigenvalue weighted by Gasteiger charge is -2.50. The van der Waals surface area contributed by atoms with Crippen molar-refractivity contribution >= 4 is 72.9 Å². The molecule has 8 rings (SSSR count). The molecule has 0 saturated heterocycles. The van der Waals surface area contributed by atoms with Gasteiger partial charge in [0.25, 0.3) is 32.1 Å². The third-order valence-electron chi connectivity index (χ3n) is 17.1. The fourth-order valence-electron chi connectivity index (χ4n) is 12.8. The molecular formula is C66H81N5O12S2. The van der Waals surface area contributed by atoms with Gasteiger partial charge >= 0.3 is 11.9 Å². The molecule has 17 nitrogen and oxygen atoms in total. The number of benzene rings is 4. The highest BCUT2D eigenvalue weighted by Gasteiger charge is 2.51. The van der Waals surface area contributed by atoms with Gasteiger partial charge in [-0.1, -0.05) is 182 Å². The molecule has 0 bridgehead atoms. The molecule has 4 aromatic carbocycles. The summed E-state index contributed by atoms with van der Waals surface area (Å²) in [6.45, 7) is 29.8. The molecule has 2 saturated carbocycles. The SMILES string of the molecule is CC1CC(C(C)(C)C)C(OC(=O)C2=C(c3ccccc3)C(=Nc3[nH]c(NC(=O)c4ccccc4S(=O)(=O)O)c(C(=O)OC4C(C(C)(C)C)CC(C)CC4C(C)(C)C)c3-c3ccccc3)N=C2NC(=O)c2ccccc2S(=O)(=O)O)C(C(C)(C)C)C1. The Morgan fingerprint density at radius 3 is 1.33 bits per heavy atom. The summed E-state index contributed by atoms with van der Waals surface area (Å²) in [6, 6.07) is 27.4. The van der Waals surface area contributed by atoms with Gasteiger partial charge in [-0.25, -0.2) is 19.6 Å². The summed E-state index contributed by atoms with van der Waals surface area (Å²) < 4.78 is 85.4. The van der Waals surface area contributed by atoms with E-state index in [9.17, 15) is 35.5 Å². The molecule has 5 N–H and O–H groups in total. The molecule has 1 aliphatic heterocycles. The molecule has 4 unspecified atom stereocenters. The Morgan fingerprint density at radius 1 is 0.541 bits per heavy atom.